The molecule has 1 aromatic carbocycles. The number of carbonyl (C=O) groups excluding carboxylic acids is 1. The predicted octanol–water partition coefficient (Wildman–Crippen LogP) is 6.89. The molecule has 7 nitrogen and oxygen atoms in total. The van der Waals surface area contributed by atoms with Crippen LogP contribution in [-0.4, -0.2) is 71.1 Å². The van der Waals surface area contributed by atoms with E-state index in [1.54, 1.807) is 32.9 Å². The molecule has 1 aromatic heterocycles. The highest BCUT2D eigenvalue weighted by Gasteiger charge is 2.48. The molecule has 0 saturated heterocycles. The van der Waals surface area contributed by atoms with E-state index < -0.39 is 79.2 Å². The van der Waals surface area contributed by atoms with Crippen LogP contribution >= 0.6 is 0 Å². The highest BCUT2D eigenvalue weighted by Crippen LogP contribution is 2.40. The second-order valence-corrected chi connectivity index (χ2v) is 21.4. The van der Waals surface area contributed by atoms with Gasteiger partial charge in [-0.1, -0.05) is 39.6 Å². The molecule has 2 rings (SSSR count). The molecular formula is C29H46F6N4O3SSi. The van der Waals surface area contributed by atoms with Gasteiger partial charge in [-0.3, -0.25) is 4.79 Å². The van der Waals surface area contributed by atoms with Crippen LogP contribution in [0.4, 0.5) is 26.3 Å². The maximum absolute atomic E-state index is 16.2. The van der Waals surface area contributed by atoms with Crippen LogP contribution in [0.2, 0.25) is 25.7 Å². The molecule has 6 atom stereocenters. The zero-order valence-electron chi connectivity index (χ0n) is 26.8. The first-order valence-electron chi connectivity index (χ1n) is 14.4. The van der Waals surface area contributed by atoms with Crippen LogP contribution in [0, 0.1) is 5.41 Å². The molecule has 0 aliphatic carbocycles. The second kappa shape index (κ2) is 15.2. The van der Waals surface area contributed by atoms with Crippen molar-refractivity contribution in [2.24, 2.45) is 5.41 Å². The minimum Gasteiger partial charge on any atom is -0.598 e. The Bertz CT molecular complexity index is 1240. The molecule has 2 aromatic rings. The molecule has 0 saturated carbocycles. The number of rotatable bonds is 16. The Balaban J connectivity index is 2.63. The number of aromatic nitrogens is 2. The fraction of sp³-hybridized carbons (Fsp3) is 0.724. The summed E-state index contributed by atoms with van der Waals surface area (Å²) in [5.41, 5.74) is -1.03. The van der Waals surface area contributed by atoms with Gasteiger partial charge in [0.15, 0.2) is 6.17 Å². The first-order chi connectivity index (χ1) is 20.1. The van der Waals surface area contributed by atoms with Crippen LogP contribution in [0.1, 0.15) is 65.0 Å². The van der Waals surface area contributed by atoms with E-state index >= 15 is 4.39 Å². The molecule has 0 aliphatic rings. The number of nitrogens with one attached hydrogen (secondary N) is 2. The van der Waals surface area contributed by atoms with Crippen molar-refractivity contribution in [1.29, 1.82) is 0 Å². The second-order valence-electron chi connectivity index (χ2n) is 13.8. The van der Waals surface area contributed by atoms with E-state index in [-0.39, 0.29) is 18.1 Å². The summed E-state index contributed by atoms with van der Waals surface area (Å²) in [5.74, 6) is -1.35. The monoisotopic (exact) mass is 672 g/mol. The Kier molecular flexibility index (Phi) is 13.2. The Labute approximate surface area is 260 Å². The fourth-order valence-electron chi connectivity index (χ4n) is 4.05. The quantitative estimate of drug-likeness (QED) is 0.0877. The zero-order chi connectivity index (χ0) is 33.8. The Morgan fingerprint density at radius 2 is 1.73 bits per heavy atom. The van der Waals surface area contributed by atoms with Crippen molar-refractivity contribution < 1.29 is 40.4 Å². The van der Waals surface area contributed by atoms with Gasteiger partial charge in [0.05, 0.1) is 22.5 Å². The topological polar surface area (TPSA) is 91.2 Å². The largest absolute Gasteiger partial charge is 0.598 e. The van der Waals surface area contributed by atoms with Gasteiger partial charge in [-0.2, -0.15) is 0 Å². The summed E-state index contributed by atoms with van der Waals surface area (Å²) >= 11 is -1.88. The van der Waals surface area contributed by atoms with Gasteiger partial charge in [0.2, 0.25) is 12.6 Å². The summed E-state index contributed by atoms with van der Waals surface area (Å²) in [6, 6.07) is 3.14. The van der Waals surface area contributed by atoms with E-state index in [1.165, 1.54) is 17.6 Å². The molecule has 15 heteroatoms. The van der Waals surface area contributed by atoms with Crippen molar-refractivity contribution in [3.63, 3.8) is 0 Å². The third-order valence-corrected chi connectivity index (χ3v) is 10.5. The third-order valence-electron chi connectivity index (χ3n) is 7.23. The van der Waals surface area contributed by atoms with Gasteiger partial charge in [0, 0.05) is 26.0 Å². The standard InChI is InChI=1S/C29H46F6N4O3SSi/c1-17(36-26(40)22(32)19(31)15-30)18-10-11-21-20(14-18)37-25(39(21)16-42-12-13-44(7,8)9)23(38-43(41)28(2,3)4)24(33)29(5,6)27(34)35/h10-11,14,17,19,22-24,27,38H,12-13,15-16H2,1-9H3,(H,36,40)/t17-,19?,22?,23-,24?,43-/m1/s1. The molecule has 0 radical (unpaired) electrons. The number of benzene rings is 1. The number of hydrogen-bond acceptors (Lipinski definition) is 5. The Morgan fingerprint density at radius 1 is 1.11 bits per heavy atom. The lowest BCUT2D eigenvalue weighted by Crippen LogP contribution is -2.49. The highest BCUT2D eigenvalue weighted by molar-refractivity contribution is 7.90. The summed E-state index contributed by atoms with van der Waals surface area (Å²) in [6.07, 6.45) is -10.6. The van der Waals surface area contributed by atoms with E-state index in [0.717, 1.165) is 19.9 Å². The maximum Gasteiger partial charge on any atom is 0.258 e. The summed E-state index contributed by atoms with van der Waals surface area (Å²) in [6.45, 7) is 13.8. The van der Waals surface area contributed by atoms with Gasteiger partial charge in [0.25, 0.3) is 5.91 Å². The molecule has 0 fully saturated rings. The number of amides is 1. The average Bonchev–Trinajstić information content (AvgIpc) is 3.28. The van der Waals surface area contributed by atoms with Crippen molar-refractivity contribution in [1.82, 2.24) is 19.6 Å². The van der Waals surface area contributed by atoms with Gasteiger partial charge in [-0.25, -0.2) is 31.3 Å². The van der Waals surface area contributed by atoms with Gasteiger partial charge in [-0.15, -0.1) is 4.72 Å². The molecule has 0 bridgehead atoms. The smallest absolute Gasteiger partial charge is 0.258 e. The van der Waals surface area contributed by atoms with E-state index in [2.05, 4.69) is 34.7 Å². The number of ether oxygens (including phenoxy) is 1. The summed E-state index contributed by atoms with van der Waals surface area (Å²) in [5, 5.41) is 2.30. The van der Waals surface area contributed by atoms with Crippen LogP contribution < -0.4 is 10.0 Å². The van der Waals surface area contributed by atoms with E-state index in [1.807, 2.05) is 0 Å². The van der Waals surface area contributed by atoms with Crippen molar-refractivity contribution in [2.75, 3.05) is 13.3 Å². The average molecular weight is 673 g/mol. The molecule has 2 N–H and O–H groups in total. The van der Waals surface area contributed by atoms with Crippen LogP contribution in [0.3, 0.4) is 0 Å². The first-order valence-corrected chi connectivity index (χ1v) is 19.3. The van der Waals surface area contributed by atoms with Gasteiger partial charge >= 0.3 is 0 Å². The van der Waals surface area contributed by atoms with E-state index in [9.17, 15) is 31.3 Å². The summed E-state index contributed by atoms with van der Waals surface area (Å²) < 4.78 is 107. The lowest BCUT2D eigenvalue weighted by atomic mass is 9.84. The first kappa shape index (κ1) is 38.4. The summed E-state index contributed by atoms with van der Waals surface area (Å²) in [4.78, 5) is 16.7. The van der Waals surface area contributed by atoms with Gasteiger partial charge in [-0.05, 0) is 51.4 Å². The zero-order valence-corrected chi connectivity index (χ0v) is 28.6. The number of hydrogen-bond donors (Lipinski definition) is 2. The highest BCUT2D eigenvalue weighted by atomic mass is 32.2. The molecule has 0 aliphatic heterocycles. The normalized spacial score (nSPS) is 17.4. The Morgan fingerprint density at radius 3 is 2.25 bits per heavy atom. The number of imidazole rings is 1. The predicted molar refractivity (Wildman–Crippen MR) is 165 cm³/mol. The van der Waals surface area contributed by atoms with Crippen LogP contribution in [-0.2, 0) is 27.6 Å². The van der Waals surface area contributed by atoms with Crippen LogP contribution in [0.5, 0.6) is 0 Å². The number of alkyl halides is 6. The van der Waals surface area contributed by atoms with Gasteiger partial charge < -0.3 is 19.2 Å². The minimum absolute atomic E-state index is 0.0206. The SMILES string of the molecule is C[C@@H](NC(=O)C(F)C(F)CF)c1ccc2c(c1)nc([C@H](N[S@+]([O-])C(C)(C)C)C(F)C(C)(C)C(F)F)n2COCC[Si](C)(C)C. The lowest BCUT2D eigenvalue weighted by Gasteiger charge is -2.35. The van der Waals surface area contributed by atoms with E-state index in [4.69, 9.17) is 4.74 Å². The summed E-state index contributed by atoms with van der Waals surface area (Å²) in [7, 11) is -1.47. The third kappa shape index (κ3) is 9.84. The Hall–Kier alpha value is -1.81. The maximum atomic E-state index is 16.2. The number of nitrogens with zero attached hydrogens (tertiary/aromatic N) is 2. The lowest BCUT2D eigenvalue weighted by molar-refractivity contribution is -0.129. The van der Waals surface area contributed by atoms with Crippen molar-refractivity contribution in [3.05, 3.63) is 29.6 Å². The molecular weight excluding hydrogens is 626 g/mol. The van der Waals surface area contributed by atoms with Crippen molar-refractivity contribution in [2.45, 2.75) is 116 Å². The van der Waals surface area contributed by atoms with Crippen LogP contribution in [0.15, 0.2) is 18.2 Å². The number of carbonyl (C=O) groups is 1. The van der Waals surface area contributed by atoms with Crippen molar-refractivity contribution >= 4 is 36.4 Å². The molecule has 252 valence electrons. The van der Waals surface area contributed by atoms with Crippen molar-refractivity contribution in [3.8, 4) is 0 Å². The minimum atomic E-state index is -3.05. The molecule has 1 amide bonds. The molecule has 0 spiro atoms. The van der Waals surface area contributed by atoms with Crippen LogP contribution in [0.25, 0.3) is 11.0 Å². The number of halogens is 6. The number of fused-ring (bicyclic) bond motifs is 1. The van der Waals surface area contributed by atoms with Gasteiger partial charge in [0.1, 0.15) is 36.2 Å². The molecule has 44 heavy (non-hydrogen) atoms. The fourth-order valence-corrected chi connectivity index (χ4v) is 5.61. The molecule has 3 unspecified atom stereocenters. The molecule has 1 heterocycles. The van der Waals surface area contributed by atoms with E-state index in [0.29, 0.717) is 17.7 Å².